The van der Waals surface area contributed by atoms with Crippen molar-refractivity contribution in [3.05, 3.63) is 35.4 Å². The number of rotatable bonds is 3. The Hall–Kier alpha value is -1.56. The fourth-order valence-electron chi connectivity index (χ4n) is 2.69. The highest BCUT2D eigenvalue weighted by Gasteiger charge is 2.48. The molecule has 1 amide bonds. The number of alkyl halides is 3. The third kappa shape index (κ3) is 2.64. The lowest BCUT2D eigenvalue weighted by atomic mass is 9.99. The molecule has 1 aliphatic heterocycles. The topological polar surface area (TPSA) is 32.3 Å². The van der Waals surface area contributed by atoms with Crippen molar-refractivity contribution in [1.82, 2.24) is 10.2 Å². The van der Waals surface area contributed by atoms with Crippen LogP contribution in [0.1, 0.15) is 44.5 Å². The predicted octanol–water partition coefficient (Wildman–Crippen LogP) is 3.32. The molecule has 0 saturated carbocycles. The van der Waals surface area contributed by atoms with Crippen molar-refractivity contribution < 1.29 is 18.0 Å². The number of amides is 1. The lowest BCUT2D eigenvalue weighted by Gasteiger charge is -2.25. The van der Waals surface area contributed by atoms with E-state index < -0.39 is 23.4 Å². The third-order valence-corrected chi connectivity index (χ3v) is 4.11. The Morgan fingerprint density at radius 2 is 1.90 bits per heavy atom. The molecule has 0 bridgehead atoms. The molecule has 1 N–H and O–H groups in total. The summed E-state index contributed by atoms with van der Waals surface area (Å²) in [6, 6.07) is 5.40. The summed E-state index contributed by atoms with van der Waals surface area (Å²) in [7, 11) is 0. The number of hydrogen-bond donors (Lipinski definition) is 1. The van der Waals surface area contributed by atoms with Crippen LogP contribution in [-0.2, 0) is 11.0 Å². The van der Waals surface area contributed by atoms with E-state index in [4.69, 9.17) is 0 Å². The van der Waals surface area contributed by atoms with Gasteiger partial charge in [0.2, 0.25) is 5.91 Å². The minimum absolute atomic E-state index is 0.0948. The number of nitrogens with one attached hydrogen (secondary N) is 1. The minimum atomic E-state index is -4.44. The number of carbonyl (C=O) groups excluding carboxylic acids is 1. The second-order valence-corrected chi connectivity index (χ2v) is 5.41. The fraction of sp³-hybridized carbons (Fsp3) is 0.533. The lowest BCUT2D eigenvalue weighted by Crippen LogP contribution is -2.43. The van der Waals surface area contributed by atoms with Gasteiger partial charge >= 0.3 is 6.18 Å². The maximum Gasteiger partial charge on any atom is 0.416 e. The molecule has 2 atom stereocenters. The van der Waals surface area contributed by atoms with Crippen LogP contribution in [-0.4, -0.2) is 22.9 Å². The maximum atomic E-state index is 13.2. The van der Waals surface area contributed by atoms with Crippen molar-refractivity contribution in [2.75, 3.05) is 6.54 Å². The van der Waals surface area contributed by atoms with Gasteiger partial charge in [-0.3, -0.25) is 10.1 Å². The molecule has 0 radical (unpaired) electrons. The first-order chi connectivity index (χ1) is 9.74. The van der Waals surface area contributed by atoms with Gasteiger partial charge in [-0.25, -0.2) is 0 Å². The molecule has 21 heavy (non-hydrogen) atoms. The van der Waals surface area contributed by atoms with E-state index in [-0.39, 0.29) is 11.5 Å². The molecule has 0 aromatic heterocycles. The summed E-state index contributed by atoms with van der Waals surface area (Å²) in [5.41, 5.74) is -1.43. The van der Waals surface area contributed by atoms with Gasteiger partial charge < -0.3 is 4.90 Å². The van der Waals surface area contributed by atoms with Crippen molar-refractivity contribution in [3.63, 3.8) is 0 Å². The van der Waals surface area contributed by atoms with E-state index in [1.165, 1.54) is 17.0 Å². The van der Waals surface area contributed by atoms with Crippen LogP contribution in [0.4, 0.5) is 13.2 Å². The highest BCUT2D eigenvalue weighted by molar-refractivity contribution is 5.88. The number of carbonyl (C=O) groups is 1. The lowest BCUT2D eigenvalue weighted by molar-refractivity contribution is -0.140. The maximum absolute atomic E-state index is 13.2. The molecule has 1 aromatic rings. The molecule has 3 nitrogen and oxygen atoms in total. The standard InChI is InChI=1S/C15H19F3N2O/c1-4-14(3)13(21)20(5-2)12(19-14)10-8-6-7-9-11(10)15(16,17)18/h6-9,12,19H,4-5H2,1-3H3. The van der Waals surface area contributed by atoms with E-state index in [9.17, 15) is 18.0 Å². The van der Waals surface area contributed by atoms with Crippen LogP contribution in [0.3, 0.4) is 0 Å². The van der Waals surface area contributed by atoms with E-state index in [1.807, 2.05) is 6.92 Å². The smallest absolute Gasteiger partial charge is 0.322 e. The normalized spacial score (nSPS) is 26.5. The summed E-state index contributed by atoms with van der Waals surface area (Å²) in [4.78, 5) is 13.9. The van der Waals surface area contributed by atoms with Gasteiger partial charge in [0, 0.05) is 12.1 Å². The first-order valence-electron chi connectivity index (χ1n) is 6.99. The molecule has 1 saturated heterocycles. The number of likely N-dealkylation sites (N-methyl/N-ethyl adjacent to an activating group) is 1. The predicted molar refractivity (Wildman–Crippen MR) is 73.4 cm³/mol. The first-order valence-corrected chi connectivity index (χ1v) is 6.99. The zero-order valence-electron chi connectivity index (χ0n) is 12.3. The van der Waals surface area contributed by atoms with Gasteiger partial charge in [0.05, 0.1) is 11.1 Å². The molecule has 116 valence electrons. The van der Waals surface area contributed by atoms with Crippen LogP contribution in [0.15, 0.2) is 24.3 Å². The highest BCUT2D eigenvalue weighted by Crippen LogP contribution is 2.39. The summed E-state index contributed by atoms with van der Waals surface area (Å²) in [6.07, 6.45) is -4.66. The number of benzene rings is 1. The Kier molecular flexibility index (Phi) is 4.02. The SMILES string of the molecule is CCN1C(=O)C(C)(CC)NC1c1ccccc1C(F)(F)F. The molecule has 2 unspecified atom stereocenters. The summed E-state index contributed by atoms with van der Waals surface area (Å²) >= 11 is 0. The van der Waals surface area contributed by atoms with Crippen LogP contribution in [0.2, 0.25) is 0 Å². The molecule has 6 heteroatoms. The van der Waals surface area contributed by atoms with Crippen molar-refractivity contribution >= 4 is 5.91 Å². The molecule has 1 aromatic carbocycles. The van der Waals surface area contributed by atoms with E-state index in [0.29, 0.717) is 13.0 Å². The van der Waals surface area contributed by atoms with E-state index >= 15 is 0 Å². The Morgan fingerprint density at radius 3 is 2.43 bits per heavy atom. The molecule has 1 heterocycles. The quantitative estimate of drug-likeness (QED) is 0.928. The molecule has 1 fully saturated rings. The van der Waals surface area contributed by atoms with E-state index in [2.05, 4.69) is 5.32 Å². The van der Waals surface area contributed by atoms with Crippen LogP contribution in [0.5, 0.6) is 0 Å². The average Bonchev–Trinajstić information content (AvgIpc) is 2.70. The highest BCUT2D eigenvalue weighted by atomic mass is 19.4. The molecule has 2 rings (SSSR count). The second-order valence-electron chi connectivity index (χ2n) is 5.41. The van der Waals surface area contributed by atoms with Crippen LogP contribution in [0, 0.1) is 0 Å². The Balaban J connectivity index is 2.50. The van der Waals surface area contributed by atoms with Gasteiger partial charge in [0.1, 0.15) is 6.17 Å². The zero-order chi connectivity index (χ0) is 15.8. The van der Waals surface area contributed by atoms with E-state index in [1.54, 1.807) is 19.9 Å². The fourth-order valence-corrected chi connectivity index (χ4v) is 2.69. The minimum Gasteiger partial charge on any atom is -0.322 e. The van der Waals surface area contributed by atoms with Crippen LogP contribution in [0.25, 0.3) is 0 Å². The Labute approximate surface area is 122 Å². The number of nitrogens with zero attached hydrogens (tertiary/aromatic N) is 1. The average molecular weight is 300 g/mol. The van der Waals surface area contributed by atoms with Gasteiger partial charge in [0.25, 0.3) is 0 Å². The molecule has 0 aliphatic carbocycles. The number of hydrogen-bond acceptors (Lipinski definition) is 2. The van der Waals surface area contributed by atoms with Gasteiger partial charge in [-0.05, 0) is 26.3 Å². The zero-order valence-corrected chi connectivity index (χ0v) is 12.3. The van der Waals surface area contributed by atoms with Crippen LogP contribution < -0.4 is 5.32 Å². The Bertz CT molecular complexity index is 544. The Morgan fingerprint density at radius 1 is 1.29 bits per heavy atom. The van der Waals surface area contributed by atoms with Crippen LogP contribution >= 0.6 is 0 Å². The largest absolute Gasteiger partial charge is 0.416 e. The summed E-state index contributed by atoms with van der Waals surface area (Å²) < 4.78 is 39.5. The molecule has 0 spiro atoms. The van der Waals surface area contributed by atoms with E-state index in [0.717, 1.165) is 6.07 Å². The van der Waals surface area contributed by atoms with Crippen molar-refractivity contribution in [2.45, 2.75) is 45.1 Å². The summed E-state index contributed by atoms with van der Waals surface area (Å²) in [5, 5.41) is 3.07. The molecule has 1 aliphatic rings. The van der Waals surface area contributed by atoms with Crippen molar-refractivity contribution in [1.29, 1.82) is 0 Å². The monoisotopic (exact) mass is 300 g/mol. The molecular formula is C15H19F3N2O. The molecular weight excluding hydrogens is 281 g/mol. The summed E-state index contributed by atoms with van der Waals surface area (Å²) in [5.74, 6) is -0.158. The summed E-state index contributed by atoms with van der Waals surface area (Å²) in [6.45, 7) is 5.70. The van der Waals surface area contributed by atoms with Gasteiger partial charge in [-0.1, -0.05) is 25.1 Å². The van der Waals surface area contributed by atoms with Gasteiger partial charge in [-0.15, -0.1) is 0 Å². The second kappa shape index (κ2) is 5.33. The van der Waals surface area contributed by atoms with Crippen molar-refractivity contribution in [3.8, 4) is 0 Å². The van der Waals surface area contributed by atoms with Crippen molar-refractivity contribution in [2.24, 2.45) is 0 Å². The number of halogens is 3. The first kappa shape index (κ1) is 15.8. The van der Waals surface area contributed by atoms with Gasteiger partial charge in [0.15, 0.2) is 0 Å². The third-order valence-electron chi connectivity index (χ3n) is 4.11. The van der Waals surface area contributed by atoms with Gasteiger partial charge in [-0.2, -0.15) is 13.2 Å².